The Morgan fingerprint density at radius 1 is 1.00 bits per heavy atom. The molecule has 0 heterocycles. The summed E-state index contributed by atoms with van der Waals surface area (Å²) in [4.78, 5) is 23.7. The standard InChI is InChI=1S/C20H23ClN2O3/c1-2-26-18-12-10-17(11-13-18)23-20(25)14-22-19(24)5-3-4-15-6-8-16(21)9-7-15/h6-13H,2-5,14H2,1H3,(H,22,24)(H,23,25). The van der Waals surface area contributed by atoms with E-state index >= 15 is 0 Å². The van der Waals surface area contributed by atoms with E-state index in [4.69, 9.17) is 16.3 Å². The second kappa shape index (κ2) is 10.5. The molecule has 0 aliphatic heterocycles. The van der Waals surface area contributed by atoms with Crippen LogP contribution in [0.4, 0.5) is 5.69 Å². The zero-order valence-corrected chi connectivity index (χ0v) is 15.5. The van der Waals surface area contributed by atoms with Crippen molar-refractivity contribution in [1.82, 2.24) is 5.32 Å². The molecule has 0 spiro atoms. The molecule has 0 saturated carbocycles. The third kappa shape index (κ3) is 7.15. The molecular formula is C20H23ClN2O3. The van der Waals surface area contributed by atoms with E-state index in [1.165, 1.54) is 0 Å². The fourth-order valence-electron chi connectivity index (χ4n) is 2.38. The van der Waals surface area contributed by atoms with Crippen LogP contribution < -0.4 is 15.4 Å². The lowest BCUT2D eigenvalue weighted by Crippen LogP contribution is -2.32. The minimum Gasteiger partial charge on any atom is -0.494 e. The number of aryl methyl sites for hydroxylation is 1. The van der Waals surface area contributed by atoms with Crippen molar-refractivity contribution in [3.8, 4) is 5.75 Å². The predicted molar refractivity (Wildman–Crippen MR) is 104 cm³/mol. The maximum atomic E-state index is 11.9. The van der Waals surface area contributed by atoms with Gasteiger partial charge in [0.25, 0.3) is 0 Å². The SMILES string of the molecule is CCOc1ccc(NC(=O)CNC(=O)CCCc2ccc(Cl)cc2)cc1. The lowest BCUT2D eigenvalue weighted by Gasteiger charge is -2.08. The van der Waals surface area contributed by atoms with Crippen molar-refractivity contribution in [3.05, 3.63) is 59.1 Å². The van der Waals surface area contributed by atoms with Crippen LogP contribution in [0.2, 0.25) is 5.02 Å². The third-order valence-corrected chi connectivity index (χ3v) is 3.93. The largest absolute Gasteiger partial charge is 0.494 e. The van der Waals surface area contributed by atoms with E-state index in [2.05, 4.69) is 10.6 Å². The van der Waals surface area contributed by atoms with Gasteiger partial charge >= 0.3 is 0 Å². The van der Waals surface area contributed by atoms with Crippen LogP contribution in [0.25, 0.3) is 0 Å². The Labute approximate surface area is 158 Å². The van der Waals surface area contributed by atoms with Gasteiger partial charge in [-0.15, -0.1) is 0 Å². The molecule has 0 radical (unpaired) electrons. The van der Waals surface area contributed by atoms with Crippen LogP contribution in [-0.4, -0.2) is 25.0 Å². The molecule has 0 aromatic heterocycles. The predicted octanol–water partition coefficient (Wildman–Crippen LogP) is 3.82. The van der Waals surface area contributed by atoms with Crippen LogP contribution in [0, 0.1) is 0 Å². The summed E-state index contributed by atoms with van der Waals surface area (Å²) >= 11 is 5.84. The molecule has 0 atom stereocenters. The molecule has 5 nitrogen and oxygen atoms in total. The highest BCUT2D eigenvalue weighted by Gasteiger charge is 2.06. The van der Waals surface area contributed by atoms with E-state index in [1.54, 1.807) is 24.3 Å². The quantitative estimate of drug-likeness (QED) is 0.701. The van der Waals surface area contributed by atoms with Crippen LogP contribution in [0.5, 0.6) is 5.75 Å². The summed E-state index contributed by atoms with van der Waals surface area (Å²) in [6.07, 6.45) is 1.88. The van der Waals surface area contributed by atoms with Crippen molar-refractivity contribution >= 4 is 29.1 Å². The number of anilines is 1. The smallest absolute Gasteiger partial charge is 0.243 e. The van der Waals surface area contributed by atoms with E-state index in [-0.39, 0.29) is 18.4 Å². The minimum absolute atomic E-state index is 0.0486. The molecule has 2 N–H and O–H groups in total. The summed E-state index contributed by atoms with van der Waals surface area (Å²) in [5, 5.41) is 6.06. The zero-order chi connectivity index (χ0) is 18.8. The Balaban J connectivity index is 1.64. The molecule has 2 aromatic rings. The highest BCUT2D eigenvalue weighted by atomic mass is 35.5. The average Bonchev–Trinajstić information content (AvgIpc) is 2.63. The van der Waals surface area contributed by atoms with Gasteiger partial charge in [0.05, 0.1) is 13.2 Å². The Bertz CT molecular complexity index is 715. The van der Waals surface area contributed by atoms with Gasteiger partial charge in [0.2, 0.25) is 11.8 Å². The topological polar surface area (TPSA) is 67.4 Å². The monoisotopic (exact) mass is 374 g/mol. The number of benzene rings is 2. The van der Waals surface area contributed by atoms with Crippen molar-refractivity contribution in [2.24, 2.45) is 0 Å². The fraction of sp³-hybridized carbons (Fsp3) is 0.300. The molecule has 0 bridgehead atoms. The molecule has 26 heavy (non-hydrogen) atoms. The van der Waals surface area contributed by atoms with E-state index < -0.39 is 0 Å². The first-order chi connectivity index (χ1) is 12.6. The van der Waals surface area contributed by atoms with Gasteiger partial charge in [-0.2, -0.15) is 0 Å². The molecule has 0 fully saturated rings. The molecule has 2 rings (SSSR count). The number of ether oxygens (including phenoxy) is 1. The van der Waals surface area contributed by atoms with Crippen LogP contribution in [0.15, 0.2) is 48.5 Å². The number of halogens is 1. The summed E-state index contributed by atoms with van der Waals surface area (Å²) in [7, 11) is 0. The summed E-state index contributed by atoms with van der Waals surface area (Å²) in [6, 6.07) is 14.7. The Hall–Kier alpha value is -2.53. The second-order valence-electron chi connectivity index (χ2n) is 5.76. The number of carbonyl (C=O) groups excluding carboxylic acids is 2. The Morgan fingerprint density at radius 3 is 2.35 bits per heavy atom. The molecule has 138 valence electrons. The molecule has 0 aliphatic carbocycles. The first kappa shape index (κ1) is 19.8. The van der Waals surface area contributed by atoms with Crippen LogP contribution in [0.1, 0.15) is 25.3 Å². The van der Waals surface area contributed by atoms with Crippen LogP contribution >= 0.6 is 11.6 Å². The van der Waals surface area contributed by atoms with Crippen LogP contribution in [-0.2, 0) is 16.0 Å². The normalized spacial score (nSPS) is 10.2. The molecule has 0 saturated heterocycles. The summed E-state index contributed by atoms with van der Waals surface area (Å²) in [5.74, 6) is 0.348. The number of amides is 2. The third-order valence-electron chi connectivity index (χ3n) is 3.68. The highest BCUT2D eigenvalue weighted by Crippen LogP contribution is 2.15. The highest BCUT2D eigenvalue weighted by molar-refractivity contribution is 6.30. The minimum atomic E-state index is -0.264. The number of rotatable bonds is 9. The van der Waals surface area contributed by atoms with Gasteiger partial charge in [0.1, 0.15) is 5.75 Å². The Kier molecular flexibility index (Phi) is 7.96. The fourth-order valence-corrected chi connectivity index (χ4v) is 2.50. The molecule has 0 aliphatic rings. The molecular weight excluding hydrogens is 352 g/mol. The van der Waals surface area contributed by atoms with Gasteiger partial charge in [-0.25, -0.2) is 0 Å². The van der Waals surface area contributed by atoms with E-state index in [0.717, 1.165) is 17.7 Å². The molecule has 2 aromatic carbocycles. The lowest BCUT2D eigenvalue weighted by molar-refractivity contribution is -0.124. The van der Waals surface area contributed by atoms with Crippen molar-refractivity contribution in [2.75, 3.05) is 18.5 Å². The number of hydrogen-bond acceptors (Lipinski definition) is 3. The summed E-state index contributed by atoms with van der Waals surface area (Å²) in [5.41, 5.74) is 1.80. The second-order valence-corrected chi connectivity index (χ2v) is 6.20. The van der Waals surface area contributed by atoms with Crippen molar-refractivity contribution < 1.29 is 14.3 Å². The molecule has 2 amide bonds. The Morgan fingerprint density at radius 2 is 1.69 bits per heavy atom. The van der Waals surface area contributed by atoms with Gasteiger partial charge in [-0.1, -0.05) is 23.7 Å². The number of nitrogens with one attached hydrogen (secondary N) is 2. The van der Waals surface area contributed by atoms with E-state index in [0.29, 0.717) is 30.2 Å². The maximum Gasteiger partial charge on any atom is 0.243 e. The van der Waals surface area contributed by atoms with Gasteiger partial charge in [-0.3, -0.25) is 9.59 Å². The van der Waals surface area contributed by atoms with Gasteiger partial charge in [0, 0.05) is 17.1 Å². The van der Waals surface area contributed by atoms with Gasteiger partial charge in [-0.05, 0) is 61.7 Å². The van der Waals surface area contributed by atoms with Gasteiger partial charge < -0.3 is 15.4 Å². The molecule has 0 unspecified atom stereocenters. The summed E-state index contributed by atoms with van der Waals surface area (Å²) < 4.78 is 5.34. The van der Waals surface area contributed by atoms with E-state index in [1.807, 2.05) is 31.2 Å². The van der Waals surface area contributed by atoms with Gasteiger partial charge in [0.15, 0.2) is 0 Å². The molecule has 6 heteroatoms. The van der Waals surface area contributed by atoms with Crippen LogP contribution in [0.3, 0.4) is 0 Å². The van der Waals surface area contributed by atoms with E-state index in [9.17, 15) is 9.59 Å². The van der Waals surface area contributed by atoms with Crippen molar-refractivity contribution in [1.29, 1.82) is 0 Å². The average molecular weight is 375 g/mol. The number of hydrogen-bond donors (Lipinski definition) is 2. The number of carbonyl (C=O) groups is 2. The first-order valence-corrected chi connectivity index (χ1v) is 8.98. The lowest BCUT2D eigenvalue weighted by atomic mass is 10.1. The first-order valence-electron chi connectivity index (χ1n) is 8.60. The van der Waals surface area contributed by atoms with Crippen molar-refractivity contribution in [3.63, 3.8) is 0 Å². The maximum absolute atomic E-state index is 11.9. The van der Waals surface area contributed by atoms with Crippen molar-refractivity contribution in [2.45, 2.75) is 26.2 Å². The summed E-state index contributed by atoms with van der Waals surface area (Å²) in [6.45, 7) is 2.45. The zero-order valence-electron chi connectivity index (χ0n) is 14.8.